The number of nitrogens with zero attached hydrogens (tertiary/aromatic N) is 1. The molecule has 0 radical (unpaired) electrons. The summed E-state index contributed by atoms with van der Waals surface area (Å²) in [7, 11) is 0. The molecule has 21 heavy (non-hydrogen) atoms. The smallest absolute Gasteiger partial charge is 0.329 e. The van der Waals surface area contributed by atoms with E-state index in [4.69, 9.17) is 0 Å². The maximum absolute atomic E-state index is 11.9. The molecule has 0 heterocycles. The number of hydrogen-bond donors (Lipinski definition) is 3. The van der Waals surface area contributed by atoms with E-state index in [1.807, 2.05) is 0 Å². The van der Waals surface area contributed by atoms with Crippen LogP contribution in [0.2, 0.25) is 0 Å². The monoisotopic (exact) mass is 299 g/mol. The van der Waals surface area contributed by atoms with Crippen LogP contribution in [0.3, 0.4) is 0 Å². The van der Waals surface area contributed by atoms with E-state index >= 15 is 0 Å². The first-order valence-electron chi connectivity index (χ1n) is 8.06. The van der Waals surface area contributed by atoms with E-state index in [1.165, 1.54) is 0 Å². The van der Waals surface area contributed by atoms with E-state index in [1.54, 1.807) is 0 Å². The van der Waals surface area contributed by atoms with Crippen LogP contribution in [0, 0.1) is 0 Å². The Morgan fingerprint density at radius 2 is 1.81 bits per heavy atom. The lowest BCUT2D eigenvalue weighted by Gasteiger charge is -2.34. The highest BCUT2D eigenvalue weighted by Crippen LogP contribution is 2.28. The SMILES string of the molecule is CCCN(CC)CCNC(=O)NC1(C(=O)O)CCCCC1. The quantitative estimate of drug-likeness (QED) is 0.638. The van der Waals surface area contributed by atoms with Crippen molar-refractivity contribution >= 4 is 12.0 Å². The first kappa shape index (κ1) is 17.8. The molecule has 0 atom stereocenters. The number of carboxylic acids is 1. The van der Waals surface area contributed by atoms with Gasteiger partial charge in [0.1, 0.15) is 5.54 Å². The van der Waals surface area contributed by atoms with Crippen LogP contribution in [-0.2, 0) is 4.79 Å². The van der Waals surface area contributed by atoms with E-state index in [-0.39, 0.29) is 6.03 Å². The Kier molecular flexibility index (Phi) is 7.50. The van der Waals surface area contributed by atoms with Gasteiger partial charge in [-0.2, -0.15) is 0 Å². The van der Waals surface area contributed by atoms with Crippen molar-refractivity contribution in [2.75, 3.05) is 26.2 Å². The van der Waals surface area contributed by atoms with Crippen LogP contribution >= 0.6 is 0 Å². The molecule has 1 aliphatic rings. The molecule has 1 rings (SSSR count). The second kappa shape index (κ2) is 8.87. The molecule has 6 heteroatoms. The summed E-state index contributed by atoms with van der Waals surface area (Å²) in [5.74, 6) is -0.918. The molecule has 0 unspecified atom stereocenters. The van der Waals surface area contributed by atoms with Crippen molar-refractivity contribution in [2.24, 2.45) is 0 Å². The standard InChI is InChI=1S/C15H29N3O3/c1-3-11-18(4-2)12-10-16-14(21)17-15(13(19)20)8-6-5-7-9-15/h3-12H2,1-2H3,(H,19,20)(H2,16,17,21). The molecule has 3 N–H and O–H groups in total. The highest BCUT2D eigenvalue weighted by molar-refractivity contribution is 5.86. The molecular weight excluding hydrogens is 270 g/mol. The normalized spacial score (nSPS) is 17.5. The summed E-state index contributed by atoms with van der Waals surface area (Å²) >= 11 is 0. The first-order chi connectivity index (χ1) is 10.0. The maximum Gasteiger partial charge on any atom is 0.329 e. The maximum atomic E-state index is 11.9. The van der Waals surface area contributed by atoms with Gasteiger partial charge in [-0.15, -0.1) is 0 Å². The molecule has 6 nitrogen and oxygen atoms in total. The largest absolute Gasteiger partial charge is 0.480 e. The van der Waals surface area contributed by atoms with Crippen molar-refractivity contribution in [3.05, 3.63) is 0 Å². The van der Waals surface area contributed by atoms with Gasteiger partial charge in [0.15, 0.2) is 0 Å². The lowest BCUT2D eigenvalue weighted by Crippen LogP contribution is -2.58. The van der Waals surface area contributed by atoms with Gasteiger partial charge in [-0.25, -0.2) is 9.59 Å². The Labute approximate surface area is 127 Å². The molecule has 0 spiro atoms. The molecule has 0 saturated heterocycles. The zero-order valence-corrected chi connectivity index (χ0v) is 13.3. The lowest BCUT2D eigenvalue weighted by molar-refractivity contribution is -0.145. The third-order valence-electron chi connectivity index (χ3n) is 4.17. The molecule has 0 bridgehead atoms. The summed E-state index contributed by atoms with van der Waals surface area (Å²) in [5, 5.41) is 14.9. The van der Waals surface area contributed by atoms with Gasteiger partial charge >= 0.3 is 12.0 Å². The Balaban J connectivity index is 2.39. The fourth-order valence-corrected chi connectivity index (χ4v) is 2.88. The second-order valence-corrected chi connectivity index (χ2v) is 5.76. The van der Waals surface area contributed by atoms with Crippen LogP contribution < -0.4 is 10.6 Å². The predicted molar refractivity (Wildman–Crippen MR) is 82.4 cm³/mol. The van der Waals surface area contributed by atoms with Crippen LogP contribution in [0.15, 0.2) is 0 Å². The third kappa shape index (κ3) is 5.53. The second-order valence-electron chi connectivity index (χ2n) is 5.76. The van der Waals surface area contributed by atoms with Crippen LogP contribution in [0.25, 0.3) is 0 Å². The van der Waals surface area contributed by atoms with Gasteiger partial charge in [-0.05, 0) is 32.4 Å². The Hall–Kier alpha value is -1.30. The van der Waals surface area contributed by atoms with E-state index in [9.17, 15) is 14.7 Å². The number of rotatable bonds is 8. The molecular formula is C15H29N3O3. The minimum atomic E-state index is -1.07. The molecule has 0 aromatic carbocycles. The van der Waals surface area contributed by atoms with Gasteiger partial charge in [-0.1, -0.05) is 33.1 Å². The van der Waals surface area contributed by atoms with Gasteiger partial charge in [0.05, 0.1) is 0 Å². The number of hydrogen-bond acceptors (Lipinski definition) is 3. The molecule has 1 fully saturated rings. The summed E-state index contributed by atoms with van der Waals surface area (Å²) in [6, 6.07) is -0.369. The van der Waals surface area contributed by atoms with Gasteiger partial charge in [0, 0.05) is 13.1 Å². The average molecular weight is 299 g/mol. The fraction of sp³-hybridized carbons (Fsp3) is 0.867. The molecule has 1 aliphatic carbocycles. The average Bonchev–Trinajstić information content (AvgIpc) is 2.47. The van der Waals surface area contributed by atoms with E-state index < -0.39 is 11.5 Å². The molecule has 0 aromatic heterocycles. The number of carbonyl (C=O) groups is 2. The van der Waals surface area contributed by atoms with Crippen LogP contribution in [0.4, 0.5) is 4.79 Å². The number of aliphatic carboxylic acids is 1. The van der Waals surface area contributed by atoms with E-state index in [0.29, 0.717) is 19.4 Å². The van der Waals surface area contributed by atoms with Crippen molar-refractivity contribution in [1.82, 2.24) is 15.5 Å². The fourth-order valence-electron chi connectivity index (χ4n) is 2.88. The summed E-state index contributed by atoms with van der Waals surface area (Å²) in [5.41, 5.74) is -1.07. The topological polar surface area (TPSA) is 81.7 Å². The Bertz CT molecular complexity index is 341. The zero-order valence-electron chi connectivity index (χ0n) is 13.3. The Morgan fingerprint density at radius 3 is 2.33 bits per heavy atom. The number of urea groups is 1. The molecule has 1 saturated carbocycles. The summed E-state index contributed by atoms with van der Waals surface area (Å²) in [4.78, 5) is 25.7. The van der Waals surface area contributed by atoms with Crippen LogP contribution in [-0.4, -0.2) is 53.7 Å². The molecule has 0 aromatic rings. The van der Waals surface area contributed by atoms with E-state index in [2.05, 4.69) is 29.4 Å². The van der Waals surface area contributed by atoms with Crippen molar-refractivity contribution in [2.45, 2.75) is 57.9 Å². The number of carboxylic acid groups (broad SMARTS) is 1. The van der Waals surface area contributed by atoms with Crippen molar-refractivity contribution in [1.29, 1.82) is 0 Å². The number of likely N-dealkylation sites (N-methyl/N-ethyl adjacent to an activating group) is 1. The third-order valence-corrected chi connectivity index (χ3v) is 4.17. The van der Waals surface area contributed by atoms with Gasteiger partial charge < -0.3 is 20.6 Å². The minimum Gasteiger partial charge on any atom is -0.480 e. The zero-order chi connectivity index (χ0) is 15.7. The summed E-state index contributed by atoms with van der Waals surface area (Å²) < 4.78 is 0. The van der Waals surface area contributed by atoms with E-state index in [0.717, 1.165) is 45.3 Å². The van der Waals surface area contributed by atoms with Gasteiger partial charge in [0.25, 0.3) is 0 Å². The predicted octanol–water partition coefficient (Wildman–Crippen LogP) is 1.80. The van der Waals surface area contributed by atoms with Crippen molar-refractivity contribution in [3.8, 4) is 0 Å². The summed E-state index contributed by atoms with van der Waals surface area (Å²) in [6.45, 7) is 7.52. The summed E-state index contributed by atoms with van der Waals surface area (Å²) in [6.07, 6.45) is 4.88. The highest BCUT2D eigenvalue weighted by atomic mass is 16.4. The van der Waals surface area contributed by atoms with Crippen LogP contribution in [0.1, 0.15) is 52.4 Å². The first-order valence-corrected chi connectivity index (χ1v) is 8.06. The van der Waals surface area contributed by atoms with Gasteiger partial charge in [-0.3, -0.25) is 0 Å². The Morgan fingerprint density at radius 1 is 1.14 bits per heavy atom. The molecule has 2 amide bonds. The molecule has 0 aliphatic heterocycles. The van der Waals surface area contributed by atoms with Crippen LogP contribution in [0.5, 0.6) is 0 Å². The van der Waals surface area contributed by atoms with Gasteiger partial charge in [0.2, 0.25) is 0 Å². The van der Waals surface area contributed by atoms with Crippen molar-refractivity contribution in [3.63, 3.8) is 0 Å². The molecule has 122 valence electrons. The number of nitrogens with one attached hydrogen (secondary N) is 2. The number of carbonyl (C=O) groups excluding carboxylic acids is 1. The van der Waals surface area contributed by atoms with Crippen molar-refractivity contribution < 1.29 is 14.7 Å². The minimum absolute atomic E-state index is 0.369. The number of amides is 2. The lowest BCUT2D eigenvalue weighted by atomic mass is 9.82. The highest BCUT2D eigenvalue weighted by Gasteiger charge is 2.40.